The molecule has 0 saturated carbocycles. The van der Waals surface area contributed by atoms with Gasteiger partial charge in [-0.1, -0.05) is 62.4 Å². The van der Waals surface area contributed by atoms with Gasteiger partial charge in [0.1, 0.15) is 16.6 Å². The van der Waals surface area contributed by atoms with E-state index in [1.807, 2.05) is 54.6 Å². The molecule has 8 nitrogen and oxygen atoms in total. The van der Waals surface area contributed by atoms with Gasteiger partial charge in [-0.05, 0) is 61.3 Å². The number of fused-ring (bicyclic) bond motifs is 2. The van der Waals surface area contributed by atoms with Crippen molar-refractivity contribution in [1.29, 1.82) is 0 Å². The summed E-state index contributed by atoms with van der Waals surface area (Å²) in [6.07, 6.45) is -1.13. The zero-order valence-corrected chi connectivity index (χ0v) is 24.9. The number of aromatic nitrogens is 1. The first-order chi connectivity index (χ1) is 19.7. The summed E-state index contributed by atoms with van der Waals surface area (Å²) in [4.78, 5) is 14.4. The van der Waals surface area contributed by atoms with Crippen LogP contribution in [0.4, 0.5) is 10.5 Å². The first-order valence-corrected chi connectivity index (χ1v) is 15.8. The Kier molecular flexibility index (Phi) is 8.35. The summed E-state index contributed by atoms with van der Waals surface area (Å²) in [5, 5.41) is 11.4. The number of carbonyl (C=O) groups is 1. The van der Waals surface area contributed by atoms with Crippen LogP contribution in [0.5, 0.6) is 5.75 Å². The molecule has 0 radical (unpaired) electrons. The summed E-state index contributed by atoms with van der Waals surface area (Å²) < 4.78 is 38.3. The highest BCUT2D eigenvalue weighted by Gasteiger charge is 2.29. The maximum Gasteiger partial charge on any atom is 0.416 e. The number of nitrogens with zero attached hydrogens (tertiary/aromatic N) is 3. The fourth-order valence-corrected chi connectivity index (χ4v) is 7.99. The van der Waals surface area contributed by atoms with E-state index in [0.717, 1.165) is 28.7 Å². The minimum atomic E-state index is -3.97. The standard InChI is InChI=1S/C31H33N3O5S2/c1-4-32(5-2)17-18-39-30-22(3)34(31(35)36)27-16-15-25(20-26(27)30)33(21-23-11-7-6-8-12-23)41(37,38)29-19-24-13-9-10-14-28(24)40-29/h6-16,19-20H,4-5,17-18,21H2,1-3H3,(H,35,36). The van der Waals surface area contributed by atoms with E-state index in [0.29, 0.717) is 41.2 Å². The minimum Gasteiger partial charge on any atom is -0.490 e. The maximum absolute atomic E-state index is 14.2. The molecule has 0 aliphatic rings. The van der Waals surface area contributed by atoms with Gasteiger partial charge in [-0.2, -0.15) is 0 Å². The third kappa shape index (κ3) is 5.68. The number of ether oxygens (including phenoxy) is 1. The zero-order chi connectivity index (χ0) is 29.1. The Labute approximate surface area is 244 Å². The summed E-state index contributed by atoms with van der Waals surface area (Å²) in [7, 11) is -3.97. The zero-order valence-electron chi connectivity index (χ0n) is 23.3. The van der Waals surface area contributed by atoms with Crippen molar-refractivity contribution in [2.24, 2.45) is 0 Å². The number of hydrogen-bond donors (Lipinski definition) is 1. The Hall–Kier alpha value is -3.86. The predicted molar refractivity (Wildman–Crippen MR) is 165 cm³/mol. The molecule has 5 aromatic rings. The average Bonchev–Trinajstić information content (AvgIpc) is 3.53. The number of hydrogen-bond acceptors (Lipinski definition) is 6. The summed E-state index contributed by atoms with van der Waals surface area (Å²) >= 11 is 1.23. The molecule has 3 aromatic carbocycles. The molecule has 10 heteroatoms. The second kappa shape index (κ2) is 11.9. The number of carboxylic acid groups (broad SMARTS) is 1. The molecule has 0 amide bonds. The van der Waals surface area contributed by atoms with Crippen LogP contribution in [-0.4, -0.2) is 55.3 Å². The normalized spacial score (nSPS) is 11.9. The molecule has 2 aromatic heterocycles. The molecule has 0 saturated heterocycles. The molecule has 0 atom stereocenters. The number of sulfonamides is 1. The van der Waals surface area contributed by atoms with E-state index in [9.17, 15) is 18.3 Å². The molecular formula is C31H33N3O5S2. The summed E-state index contributed by atoms with van der Waals surface area (Å²) in [5.74, 6) is 0.440. The summed E-state index contributed by atoms with van der Waals surface area (Å²) in [5.41, 5.74) is 2.14. The smallest absolute Gasteiger partial charge is 0.416 e. The van der Waals surface area contributed by atoms with Crippen LogP contribution in [0.25, 0.3) is 21.0 Å². The fourth-order valence-electron chi connectivity index (χ4n) is 5.04. The van der Waals surface area contributed by atoms with Crippen LogP contribution >= 0.6 is 11.3 Å². The van der Waals surface area contributed by atoms with Gasteiger partial charge >= 0.3 is 6.09 Å². The minimum absolute atomic E-state index is 0.111. The number of anilines is 1. The van der Waals surface area contributed by atoms with Gasteiger partial charge in [0.05, 0.1) is 23.4 Å². The second-order valence-corrected chi connectivity index (χ2v) is 12.9. The van der Waals surface area contributed by atoms with Gasteiger partial charge in [-0.3, -0.25) is 4.31 Å². The molecule has 41 heavy (non-hydrogen) atoms. The van der Waals surface area contributed by atoms with E-state index in [1.54, 1.807) is 31.2 Å². The molecule has 0 spiro atoms. The Bertz CT molecular complexity index is 1760. The van der Waals surface area contributed by atoms with E-state index in [-0.39, 0.29) is 10.8 Å². The molecule has 2 heterocycles. The third-order valence-electron chi connectivity index (χ3n) is 7.27. The average molecular weight is 592 g/mol. The van der Waals surface area contributed by atoms with Crippen LogP contribution in [-0.2, 0) is 16.6 Å². The van der Waals surface area contributed by atoms with E-state index in [1.165, 1.54) is 20.2 Å². The molecule has 0 bridgehead atoms. The SMILES string of the molecule is CCN(CC)CCOc1c(C)n(C(=O)O)c2ccc(N(Cc3ccccc3)S(=O)(=O)c3cc4ccccc4s3)cc12. The van der Waals surface area contributed by atoms with Crippen LogP contribution < -0.4 is 9.04 Å². The van der Waals surface area contributed by atoms with Crippen molar-refractivity contribution in [2.45, 2.75) is 31.5 Å². The second-order valence-electron chi connectivity index (χ2n) is 9.71. The summed E-state index contributed by atoms with van der Waals surface area (Å²) in [6, 6.07) is 23.8. The van der Waals surface area contributed by atoms with E-state index in [2.05, 4.69) is 18.7 Å². The van der Waals surface area contributed by atoms with Crippen LogP contribution in [0.1, 0.15) is 25.1 Å². The highest BCUT2D eigenvalue weighted by molar-refractivity contribution is 7.94. The molecule has 214 valence electrons. The predicted octanol–water partition coefficient (Wildman–Crippen LogP) is 6.81. The van der Waals surface area contributed by atoms with E-state index < -0.39 is 16.1 Å². The van der Waals surface area contributed by atoms with Crippen molar-refractivity contribution in [3.05, 3.63) is 90.1 Å². The van der Waals surface area contributed by atoms with Crippen molar-refractivity contribution in [3.8, 4) is 5.75 Å². The lowest BCUT2D eigenvalue weighted by molar-refractivity contribution is 0.196. The lowest BCUT2D eigenvalue weighted by Crippen LogP contribution is -2.30. The Morgan fingerprint density at radius 3 is 2.37 bits per heavy atom. The molecule has 0 unspecified atom stereocenters. The highest BCUT2D eigenvalue weighted by Crippen LogP contribution is 2.39. The number of likely N-dealkylation sites (N-methyl/N-ethyl adjacent to an activating group) is 1. The first kappa shape index (κ1) is 28.7. The van der Waals surface area contributed by atoms with Crippen molar-refractivity contribution in [1.82, 2.24) is 9.47 Å². The first-order valence-electron chi connectivity index (χ1n) is 13.5. The lowest BCUT2D eigenvalue weighted by Gasteiger charge is -2.24. The van der Waals surface area contributed by atoms with Crippen molar-refractivity contribution in [2.75, 3.05) is 30.5 Å². The van der Waals surface area contributed by atoms with Gasteiger partial charge in [0.15, 0.2) is 0 Å². The van der Waals surface area contributed by atoms with Crippen LogP contribution in [0.2, 0.25) is 0 Å². The highest BCUT2D eigenvalue weighted by atomic mass is 32.2. The molecule has 0 aliphatic heterocycles. The van der Waals surface area contributed by atoms with E-state index >= 15 is 0 Å². The van der Waals surface area contributed by atoms with E-state index in [4.69, 9.17) is 4.74 Å². The lowest BCUT2D eigenvalue weighted by atomic mass is 10.2. The number of thiophene rings is 1. The van der Waals surface area contributed by atoms with Gasteiger partial charge in [0.2, 0.25) is 0 Å². The van der Waals surface area contributed by atoms with Crippen molar-refractivity contribution < 1.29 is 23.1 Å². The molecule has 0 fully saturated rings. The number of rotatable bonds is 11. The van der Waals surface area contributed by atoms with Crippen LogP contribution in [0, 0.1) is 6.92 Å². The Morgan fingerprint density at radius 1 is 0.976 bits per heavy atom. The molecule has 5 rings (SSSR count). The fraction of sp³-hybridized carbons (Fsp3) is 0.258. The summed E-state index contributed by atoms with van der Waals surface area (Å²) in [6.45, 7) is 8.79. The van der Waals surface area contributed by atoms with Crippen molar-refractivity contribution >= 4 is 54.1 Å². The van der Waals surface area contributed by atoms with Gasteiger partial charge in [-0.15, -0.1) is 11.3 Å². The monoisotopic (exact) mass is 591 g/mol. The van der Waals surface area contributed by atoms with Crippen LogP contribution in [0.15, 0.2) is 83.1 Å². The maximum atomic E-state index is 14.2. The largest absolute Gasteiger partial charge is 0.490 e. The Balaban J connectivity index is 1.62. The van der Waals surface area contributed by atoms with Gasteiger partial charge in [0.25, 0.3) is 10.0 Å². The molecule has 0 aliphatic carbocycles. The topological polar surface area (TPSA) is 92.1 Å². The Morgan fingerprint density at radius 2 is 1.68 bits per heavy atom. The third-order valence-corrected chi connectivity index (χ3v) is 10.6. The molecule has 1 N–H and O–H groups in total. The quantitative estimate of drug-likeness (QED) is 0.182. The van der Waals surface area contributed by atoms with Gasteiger partial charge in [0, 0.05) is 16.6 Å². The van der Waals surface area contributed by atoms with Crippen LogP contribution in [0.3, 0.4) is 0 Å². The van der Waals surface area contributed by atoms with Gasteiger partial charge in [-0.25, -0.2) is 17.8 Å². The number of benzene rings is 3. The molecular weight excluding hydrogens is 558 g/mol. The van der Waals surface area contributed by atoms with Gasteiger partial charge < -0.3 is 14.7 Å². The van der Waals surface area contributed by atoms with Crippen molar-refractivity contribution in [3.63, 3.8) is 0 Å².